The fourth-order valence-electron chi connectivity index (χ4n) is 6.92. The van der Waals surface area contributed by atoms with Crippen LogP contribution < -0.4 is 0 Å². The first kappa shape index (κ1) is 46.0. The molecule has 17 N–H and O–H groups in total. The van der Waals surface area contributed by atoms with Crippen molar-refractivity contribution in [2.24, 2.45) is 0 Å². The highest BCUT2D eigenvalue weighted by Crippen LogP contribution is 2.34. The van der Waals surface area contributed by atoms with E-state index in [1.807, 2.05) is 0 Å². The van der Waals surface area contributed by atoms with E-state index >= 15 is 0 Å². The van der Waals surface area contributed by atoms with Crippen molar-refractivity contribution in [3.8, 4) is 0 Å². The third-order valence-corrected chi connectivity index (χ3v) is 10.3. The summed E-state index contributed by atoms with van der Waals surface area (Å²) in [5.74, 6) is 0. The van der Waals surface area contributed by atoms with Crippen molar-refractivity contribution in [2.75, 3.05) is 33.0 Å². The molecule has 5 aliphatic rings. The van der Waals surface area contributed by atoms with Gasteiger partial charge in [0, 0.05) is 0 Å². The van der Waals surface area contributed by atoms with Crippen LogP contribution in [0.1, 0.15) is 0 Å². The molecule has 5 aliphatic heterocycles. The van der Waals surface area contributed by atoms with Gasteiger partial charge in [0.25, 0.3) is 0 Å². The average Bonchev–Trinajstić information content (AvgIpc) is 3.19. The van der Waals surface area contributed by atoms with Crippen LogP contribution in [0.25, 0.3) is 0 Å². The minimum Gasteiger partial charge on any atom is -0.394 e. The molecule has 5 heterocycles. The third-order valence-electron chi connectivity index (χ3n) is 10.3. The van der Waals surface area contributed by atoms with Gasteiger partial charge in [0.2, 0.25) is 0 Å². The summed E-state index contributed by atoms with van der Waals surface area (Å²) >= 11 is 0. The molecule has 0 radical (unpaired) electrons. The van der Waals surface area contributed by atoms with Crippen LogP contribution in [0.2, 0.25) is 0 Å². The Labute approximate surface area is 316 Å². The number of rotatable bonds is 13. The molecule has 5 fully saturated rings. The Kier molecular flexibility index (Phi) is 16.1. The van der Waals surface area contributed by atoms with E-state index in [-0.39, 0.29) is 0 Å². The van der Waals surface area contributed by atoms with Crippen LogP contribution in [0.4, 0.5) is 0 Å². The maximum atomic E-state index is 11.1. The van der Waals surface area contributed by atoms with E-state index in [0.29, 0.717) is 0 Å². The average molecular weight is 829 g/mol. The van der Waals surface area contributed by atoms with Gasteiger partial charge >= 0.3 is 0 Å². The van der Waals surface area contributed by atoms with E-state index in [0.717, 1.165) is 0 Å². The van der Waals surface area contributed by atoms with Gasteiger partial charge in [-0.25, -0.2) is 0 Å². The predicted molar refractivity (Wildman–Crippen MR) is 167 cm³/mol. The monoisotopic (exact) mass is 828 g/mol. The lowest BCUT2D eigenvalue weighted by Crippen LogP contribution is -2.67. The van der Waals surface area contributed by atoms with Gasteiger partial charge in [-0.1, -0.05) is 0 Å². The van der Waals surface area contributed by atoms with Crippen LogP contribution in [0.5, 0.6) is 0 Å². The van der Waals surface area contributed by atoms with Gasteiger partial charge in [0.15, 0.2) is 31.5 Å². The zero-order chi connectivity index (χ0) is 41.3. The molecule has 0 aromatic rings. The number of aliphatic hydroxyl groups is 17. The molecular weight excluding hydrogens is 776 g/mol. The van der Waals surface area contributed by atoms with E-state index < -0.39 is 187 Å². The zero-order valence-corrected chi connectivity index (χ0v) is 29.2. The van der Waals surface area contributed by atoms with Crippen LogP contribution in [-0.2, 0) is 42.6 Å². The number of hydrogen-bond donors (Lipinski definition) is 17. The molecular formula is C30H52O26. The predicted octanol–water partition coefficient (Wildman–Crippen LogP) is -11.9. The van der Waals surface area contributed by atoms with Crippen molar-refractivity contribution in [1.82, 2.24) is 0 Å². The lowest BCUT2D eigenvalue weighted by atomic mass is 9.96. The Morgan fingerprint density at radius 2 is 0.679 bits per heavy atom. The summed E-state index contributed by atoms with van der Waals surface area (Å²) < 4.78 is 48.9. The summed E-state index contributed by atoms with van der Waals surface area (Å²) in [6.45, 7) is -4.31. The Balaban J connectivity index is 1.23. The molecule has 56 heavy (non-hydrogen) atoms. The van der Waals surface area contributed by atoms with E-state index in [1.165, 1.54) is 0 Å². The van der Waals surface area contributed by atoms with Gasteiger partial charge in [0.1, 0.15) is 122 Å². The maximum absolute atomic E-state index is 11.1. The molecule has 5 rings (SSSR count). The first-order chi connectivity index (χ1) is 26.5. The van der Waals surface area contributed by atoms with Crippen molar-refractivity contribution in [3.05, 3.63) is 0 Å². The molecule has 1 unspecified atom stereocenters. The van der Waals surface area contributed by atoms with Crippen molar-refractivity contribution in [3.63, 3.8) is 0 Å². The molecule has 0 saturated carbocycles. The highest BCUT2D eigenvalue weighted by Gasteiger charge is 2.55. The fourth-order valence-corrected chi connectivity index (χ4v) is 6.92. The van der Waals surface area contributed by atoms with Crippen LogP contribution in [0.15, 0.2) is 0 Å². The molecule has 0 aliphatic carbocycles. The molecule has 5 saturated heterocycles. The number of aliphatic hydroxyl groups excluding tert-OH is 17. The largest absolute Gasteiger partial charge is 0.394 e. The Bertz CT molecular complexity index is 1200. The standard InChI is InChI=1S/C30H52O26/c31-1-6-11(35)14(38)19(43)28(50-6)56-25-13(37)7(2-32)51-30(22(25)46)55-24-9(4-34)52-27(21(45)17(24)41)48-5-10-12(36)15(39)20(44)29(53-10)54-23-8(3-33)49-26(47)18(42)16(23)40/h6-47H,1-5H2/t6-,7-,8-,9-,10-,11-,12-,13-,14+,15+,16-,17-,18-,19-,20-,21-,22-,23-,24-,25+,26?,27-,28+,29+,30+/m1/s1. The SMILES string of the molecule is OC[C@H]1O[C@@H](O[C@@H]2[C@@H](O)[C@H](O[C@H]3[C@H](O)[C@@H](O)[C@H](OC[C@H]4O[C@@H](O[C@H]5[C@H](O)[C@@H](O)C(O)O[C@@H]5CO)[C@H](O)[C@@H](O)[C@@H]4O)O[C@@H]3CO)O[C@H](CO)[C@H]2O)[C@H](O)[C@@H](O)[C@@H]1O. The summed E-state index contributed by atoms with van der Waals surface area (Å²) in [5, 5.41) is 175. The summed E-state index contributed by atoms with van der Waals surface area (Å²) in [6.07, 6.45) is -45.6. The van der Waals surface area contributed by atoms with Crippen LogP contribution in [0, 0.1) is 0 Å². The highest BCUT2D eigenvalue weighted by atomic mass is 16.8. The van der Waals surface area contributed by atoms with Gasteiger partial charge < -0.3 is 129 Å². The molecule has 0 spiro atoms. The van der Waals surface area contributed by atoms with Gasteiger partial charge in [0.05, 0.1) is 33.0 Å². The Hall–Kier alpha value is -1.04. The van der Waals surface area contributed by atoms with Gasteiger partial charge in [-0.2, -0.15) is 0 Å². The van der Waals surface area contributed by atoms with Gasteiger partial charge in [-0.3, -0.25) is 0 Å². The minimum absolute atomic E-state index is 0.783. The molecule has 0 aromatic carbocycles. The summed E-state index contributed by atoms with van der Waals surface area (Å²) in [7, 11) is 0. The van der Waals surface area contributed by atoms with E-state index in [4.69, 9.17) is 42.6 Å². The highest BCUT2D eigenvalue weighted by molar-refractivity contribution is 4.98. The van der Waals surface area contributed by atoms with Crippen LogP contribution in [-0.4, -0.2) is 273 Å². The van der Waals surface area contributed by atoms with Gasteiger partial charge in [-0.05, 0) is 0 Å². The summed E-state index contributed by atoms with van der Waals surface area (Å²) in [6, 6.07) is 0. The number of hydrogen-bond acceptors (Lipinski definition) is 26. The Morgan fingerprint density at radius 3 is 1.20 bits per heavy atom. The van der Waals surface area contributed by atoms with Crippen LogP contribution >= 0.6 is 0 Å². The molecule has 0 aromatic heterocycles. The van der Waals surface area contributed by atoms with E-state index in [9.17, 15) is 86.8 Å². The molecule has 26 nitrogen and oxygen atoms in total. The second-order valence-electron chi connectivity index (χ2n) is 14.0. The summed E-state index contributed by atoms with van der Waals surface area (Å²) in [4.78, 5) is 0. The normalized spacial score (nSPS) is 53.2. The molecule has 26 heteroatoms. The smallest absolute Gasteiger partial charge is 0.187 e. The van der Waals surface area contributed by atoms with Gasteiger partial charge in [-0.15, -0.1) is 0 Å². The lowest BCUT2D eigenvalue weighted by Gasteiger charge is -2.48. The van der Waals surface area contributed by atoms with Crippen molar-refractivity contribution >= 4 is 0 Å². The second kappa shape index (κ2) is 19.6. The molecule has 0 amide bonds. The molecule has 0 bridgehead atoms. The number of ether oxygens (including phenoxy) is 9. The van der Waals surface area contributed by atoms with E-state index in [2.05, 4.69) is 0 Å². The van der Waals surface area contributed by atoms with Crippen molar-refractivity contribution in [1.29, 1.82) is 0 Å². The summed E-state index contributed by atoms with van der Waals surface area (Å²) in [5.41, 5.74) is 0. The lowest BCUT2D eigenvalue weighted by molar-refractivity contribution is -0.383. The first-order valence-electron chi connectivity index (χ1n) is 17.6. The fraction of sp³-hybridized carbons (Fsp3) is 1.00. The van der Waals surface area contributed by atoms with Crippen LogP contribution in [0.3, 0.4) is 0 Å². The van der Waals surface area contributed by atoms with Crippen molar-refractivity contribution < 1.29 is 129 Å². The van der Waals surface area contributed by atoms with Crippen molar-refractivity contribution in [2.45, 2.75) is 154 Å². The topological polar surface area (TPSA) is 427 Å². The maximum Gasteiger partial charge on any atom is 0.187 e. The molecule has 328 valence electrons. The zero-order valence-electron chi connectivity index (χ0n) is 29.2. The quantitative estimate of drug-likeness (QED) is 0.0819. The second-order valence-corrected chi connectivity index (χ2v) is 14.0. The first-order valence-corrected chi connectivity index (χ1v) is 17.6. The minimum atomic E-state index is -2.05. The molecule has 25 atom stereocenters. The third kappa shape index (κ3) is 9.31. The Morgan fingerprint density at radius 1 is 0.304 bits per heavy atom. The van der Waals surface area contributed by atoms with E-state index in [1.54, 1.807) is 0 Å².